The van der Waals surface area contributed by atoms with Crippen molar-refractivity contribution in [3.63, 3.8) is 0 Å². The Balaban J connectivity index is 2.38. The van der Waals surface area contributed by atoms with Crippen LogP contribution in [-0.2, 0) is 14.1 Å². The summed E-state index contributed by atoms with van der Waals surface area (Å²) in [6.45, 7) is 9.56. The Morgan fingerprint density at radius 2 is 1.88 bits per heavy atom. The Hall–Kier alpha value is -1.44. The lowest BCUT2D eigenvalue weighted by atomic mass is 9.78. The minimum absolute atomic E-state index is 0.0426. The van der Waals surface area contributed by atoms with E-state index in [9.17, 15) is 4.79 Å². The molecule has 2 rings (SSSR count). The number of hydrogen-bond acceptors (Lipinski definition) is 6. The van der Waals surface area contributed by atoms with Crippen LogP contribution < -0.4 is 10.5 Å². The van der Waals surface area contributed by atoms with Gasteiger partial charge in [0.15, 0.2) is 5.12 Å². The molecule has 1 aromatic carbocycles. The molecule has 0 radical (unpaired) electrons. The molecular formula is C18H26BNO4S. The van der Waals surface area contributed by atoms with Gasteiger partial charge in [0.1, 0.15) is 5.75 Å². The van der Waals surface area contributed by atoms with E-state index in [2.05, 4.69) is 0 Å². The Kier molecular flexibility index (Phi) is 5.91. The van der Waals surface area contributed by atoms with Gasteiger partial charge >= 0.3 is 7.12 Å². The number of hydrogen-bond donors (Lipinski definition) is 1. The molecule has 1 fully saturated rings. The molecule has 1 saturated heterocycles. The third-order valence-corrected chi connectivity index (χ3v) is 5.52. The molecule has 5 nitrogen and oxygen atoms in total. The SMILES string of the molecule is COc1ccc(N)c(C=C(CSC(C)=O)B2OC(C)(C)C(C)(C)O2)c1. The molecule has 0 saturated carbocycles. The zero-order valence-corrected chi connectivity index (χ0v) is 16.5. The quantitative estimate of drug-likeness (QED) is 0.637. The molecule has 0 bridgehead atoms. The van der Waals surface area contributed by atoms with E-state index in [1.54, 1.807) is 20.1 Å². The summed E-state index contributed by atoms with van der Waals surface area (Å²) < 4.78 is 17.6. The van der Waals surface area contributed by atoms with Crippen LogP contribution in [0.25, 0.3) is 6.08 Å². The van der Waals surface area contributed by atoms with E-state index in [1.165, 1.54) is 11.8 Å². The summed E-state index contributed by atoms with van der Waals surface area (Å²) in [5.41, 5.74) is 7.51. The maximum Gasteiger partial charge on any atom is 0.491 e. The summed E-state index contributed by atoms with van der Waals surface area (Å²) in [6.07, 6.45) is 1.93. The molecule has 0 atom stereocenters. The van der Waals surface area contributed by atoms with Gasteiger partial charge in [0, 0.05) is 23.9 Å². The van der Waals surface area contributed by atoms with Crippen molar-refractivity contribution >= 4 is 35.8 Å². The molecule has 1 heterocycles. The molecule has 0 unspecified atom stereocenters. The fourth-order valence-electron chi connectivity index (χ4n) is 2.36. The number of nitrogens with two attached hydrogens (primary N) is 1. The lowest BCUT2D eigenvalue weighted by Crippen LogP contribution is -2.41. The van der Waals surface area contributed by atoms with Gasteiger partial charge in [0.05, 0.1) is 18.3 Å². The van der Waals surface area contributed by atoms with E-state index >= 15 is 0 Å². The molecule has 0 aliphatic carbocycles. The fraction of sp³-hybridized carbons (Fsp3) is 0.500. The topological polar surface area (TPSA) is 70.8 Å². The summed E-state index contributed by atoms with van der Waals surface area (Å²) in [5, 5.41) is 0.0426. The molecule has 0 amide bonds. The largest absolute Gasteiger partial charge is 0.497 e. The number of ether oxygens (including phenoxy) is 1. The number of thioether (sulfide) groups is 1. The van der Waals surface area contributed by atoms with Crippen molar-refractivity contribution in [2.45, 2.75) is 45.8 Å². The monoisotopic (exact) mass is 363 g/mol. The zero-order chi connectivity index (χ0) is 18.8. The van der Waals surface area contributed by atoms with Gasteiger partial charge < -0.3 is 19.8 Å². The van der Waals surface area contributed by atoms with Crippen LogP contribution in [0.3, 0.4) is 0 Å². The highest BCUT2D eigenvalue weighted by molar-refractivity contribution is 8.13. The van der Waals surface area contributed by atoms with Gasteiger partial charge in [0.2, 0.25) is 0 Å². The molecule has 0 spiro atoms. The summed E-state index contributed by atoms with van der Waals surface area (Å²) in [4.78, 5) is 11.4. The predicted molar refractivity (Wildman–Crippen MR) is 105 cm³/mol. The molecule has 1 aromatic rings. The highest BCUT2D eigenvalue weighted by atomic mass is 32.2. The smallest absolute Gasteiger partial charge is 0.491 e. The Morgan fingerprint density at radius 1 is 1.28 bits per heavy atom. The fourth-order valence-corrected chi connectivity index (χ4v) is 2.95. The third-order valence-electron chi connectivity index (χ3n) is 4.63. The molecule has 1 aliphatic heterocycles. The molecule has 136 valence electrons. The molecule has 1 aliphatic rings. The van der Waals surface area contributed by atoms with Crippen molar-refractivity contribution in [2.24, 2.45) is 0 Å². The number of anilines is 1. The molecule has 7 heteroatoms. The van der Waals surface area contributed by atoms with Crippen LogP contribution in [-0.4, -0.2) is 36.3 Å². The van der Waals surface area contributed by atoms with E-state index < -0.39 is 18.3 Å². The first-order valence-corrected chi connectivity index (χ1v) is 9.17. The number of carbonyl (C=O) groups is 1. The second-order valence-corrected chi connectivity index (χ2v) is 8.23. The van der Waals surface area contributed by atoms with Crippen LogP contribution in [0.5, 0.6) is 5.75 Å². The minimum atomic E-state index is -0.526. The first-order valence-electron chi connectivity index (χ1n) is 8.19. The van der Waals surface area contributed by atoms with E-state index in [1.807, 2.05) is 45.9 Å². The van der Waals surface area contributed by atoms with Crippen molar-refractivity contribution < 1.29 is 18.8 Å². The molecule has 25 heavy (non-hydrogen) atoms. The lowest BCUT2D eigenvalue weighted by molar-refractivity contribution is -0.109. The van der Waals surface area contributed by atoms with Gasteiger partial charge in [-0.3, -0.25) is 4.79 Å². The summed E-state index contributed by atoms with van der Waals surface area (Å²) >= 11 is 1.22. The zero-order valence-electron chi connectivity index (χ0n) is 15.7. The maximum absolute atomic E-state index is 11.4. The summed E-state index contributed by atoms with van der Waals surface area (Å²) in [7, 11) is 1.09. The van der Waals surface area contributed by atoms with E-state index in [0.29, 0.717) is 17.2 Å². The Bertz CT molecular complexity index is 672. The number of nitrogen functional groups attached to an aromatic ring is 1. The van der Waals surface area contributed by atoms with Crippen LogP contribution in [0.15, 0.2) is 23.7 Å². The number of rotatable bonds is 5. The standard InChI is InChI=1S/C18H26BNO4S/c1-12(21)25-11-14(19-23-17(2,3)18(4,5)24-19)9-13-10-15(22-6)7-8-16(13)20/h7-10H,11,20H2,1-6H3. The Labute approximate surface area is 154 Å². The second-order valence-electron chi connectivity index (χ2n) is 7.08. The predicted octanol–water partition coefficient (Wildman–Crippen LogP) is 3.57. The van der Waals surface area contributed by atoms with Crippen molar-refractivity contribution in [1.82, 2.24) is 0 Å². The van der Waals surface area contributed by atoms with E-state index in [0.717, 1.165) is 11.0 Å². The van der Waals surface area contributed by atoms with Crippen LogP contribution in [0.4, 0.5) is 5.69 Å². The highest BCUT2D eigenvalue weighted by Crippen LogP contribution is 2.39. The van der Waals surface area contributed by atoms with Crippen molar-refractivity contribution in [1.29, 1.82) is 0 Å². The normalized spacial score (nSPS) is 19.1. The second kappa shape index (κ2) is 7.44. The van der Waals surface area contributed by atoms with Gasteiger partial charge in [-0.1, -0.05) is 17.8 Å². The molecule has 0 aromatic heterocycles. The van der Waals surface area contributed by atoms with E-state index in [-0.39, 0.29) is 5.12 Å². The average Bonchev–Trinajstić information content (AvgIpc) is 2.73. The lowest BCUT2D eigenvalue weighted by Gasteiger charge is -2.32. The highest BCUT2D eigenvalue weighted by Gasteiger charge is 2.52. The van der Waals surface area contributed by atoms with Gasteiger partial charge in [-0.2, -0.15) is 0 Å². The van der Waals surface area contributed by atoms with Crippen molar-refractivity contribution in [3.8, 4) is 5.75 Å². The minimum Gasteiger partial charge on any atom is -0.497 e. The first kappa shape index (κ1) is 19.9. The van der Waals surface area contributed by atoms with Crippen LogP contribution in [0.1, 0.15) is 40.2 Å². The third kappa shape index (κ3) is 4.60. The number of carbonyl (C=O) groups excluding carboxylic acids is 1. The van der Waals surface area contributed by atoms with Crippen LogP contribution in [0, 0.1) is 0 Å². The summed E-state index contributed by atoms with van der Waals surface area (Å²) in [6, 6.07) is 5.47. The average molecular weight is 363 g/mol. The van der Waals surface area contributed by atoms with Gasteiger partial charge in [-0.15, -0.1) is 0 Å². The number of benzene rings is 1. The van der Waals surface area contributed by atoms with E-state index in [4.69, 9.17) is 19.8 Å². The van der Waals surface area contributed by atoms with Gasteiger partial charge in [-0.25, -0.2) is 0 Å². The van der Waals surface area contributed by atoms with Crippen LogP contribution >= 0.6 is 11.8 Å². The van der Waals surface area contributed by atoms with Crippen LogP contribution in [0.2, 0.25) is 0 Å². The van der Waals surface area contributed by atoms with Gasteiger partial charge in [-0.05, 0) is 51.4 Å². The van der Waals surface area contributed by atoms with Crippen molar-refractivity contribution in [3.05, 3.63) is 29.2 Å². The van der Waals surface area contributed by atoms with Gasteiger partial charge in [0.25, 0.3) is 0 Å². The molecular weight excluding hydrogens is 337 g/mol. The Morgan fingerprint density at radius 3 is 2.40 bits per heavy atom. The number of methoxy groups -OCH3 is 1. The molecule has 2 N–H and O–H groups in total. The maximum atomic E-state index is 11.4. The first-order chi connectivity index (χ1) is 11.6. The summed E-state index contributed by atoms with van der Waals surface area (Å²) in [5.74, 6) is 1.19. The van der Waals surface area contributed by atoms with Crippen molar-refractivity contribution in [2.75, 3.05) is 18.6 Å².